The van der Waals surface area contributed by atoms with Crippen molar-refractivity contribution in [2.24, 2.45) is 0 Å². The van der Waals surface area contributed by atoms with E-state index in [2.05, 4.69) is 0 Å². The summed E-state index contributed by atoms with van der Waals surface area (Å²) in [5, 5.41) is 0. The summed E-state index contributed by atoms with van der Waals surface area (Å²) in [6.45, 7) is 7.33. The Morgan fingerprint density at radius 3 is 2.39 bits per heavy atom. The lowest BCUT2D eigenvalue weighted by molar-refractivity contribution is -0.139. The molecule has 0 fully saturated rings. The van der Waals surface area contributed by atoms with Gasteiger partial charge in [0.1, 0.15) is 0 Å². The van der Waals surface area contributed by atoms with Crippen LogP contribution < -0.4 is 0 Å². The molecule has 5 heteroatoms. The predicted octanol–water partition coefficient (Wildman–Crippen LogP) is 1.44. The normalized spacial score (nSPS) is 12.1. The lowest BCUT2D eigenvalue weighted by Gasteiger charge is -2.15. The molecular formula is C13H26O4Si. The molecule has 0 amide bonds. The summed E-state index contributed by atoms with van der Waals surface area (Å²) in [7, 11) is 1.16. The molecule has 0 aliphatic rings. The van der Waals surface area contributed by atoms with Crippen LogP contribution in [0.25, 0.3) is 0 Å². The van der Waals surface area contributed by atoms with E-state index in [1.54, 1.807) is 6.92 Å². The number of hydrogen-bond acceptors (Lipinski definition) is 4. The third kappa shape index (κ3) is 8.44. The first-order valence-electron chi connectivity index (χ1n) is 6.72. The Labute approximate surface area is 113 Å². The van der Waals surface area contributed by atoms with Crippen molar-refractivity contribution < 1.29 is 19.0 Å². The Morgan fingerprint density at radius 1 is 1.28 bits per heavy atom. The van der Waals surface area contributed by atoms with Crippen LogP contribution in [0.4, 0.5) is 0 Å². The van der Waals surface area contributed by atoms with Crippen LogP contribution in [0, 0.1) is 0 Å². The van der Waals surface area contributed by atoms with Gasteiger partial charge in [0.15, 0.2) is 6.29 Å². The quantitative estimate of drug-likeness (QED) is 0.199. The average molecular weight is 274 g/mol. The lowest BCUT2D eigenvalue weighted by Crippen LogP contribution is -2.17. The highest BCUT2D eigenvalue weighted by Crippen LogP contribution is 2.06. The molecule has 0 atom stereocenters. The highest BCUT2D eigenvalue weighted by Gasteiger charge is 2.09. The monoisotopic (exact) mass is 274 g/mol. The molecule has 0 N–H and O–H groups in total. The summed E-state index contributed by atoms with van der Waals surface area (Å²) < 4.78 is 15.9. The van der Waals surface area contributed by atoms with Gasteiger partial charge in [-0.1, -0.05) is 12.1 Å². The number of esters is 1. The molecule has 106 valence electrons. The molecule has 0 spiro atoms. The van der Waals surface area contributed by atoms with Gasteiger partial charge in [0.2, 0.25) is 0 Å². The van der Waals surface area contributed by atoms with Crippen molar-refractivity contribution in [3.8, 4) is 0 Å². The van der Waals surface area contributed by atoms with E-state index in [9.17, 15) is 4.79 Å². The number of carbonyl (C=O) groups excluding carboxylic acids is 1. The number of carbonyl (C=O) groups is 1. The van der Waals surface area contributed by atoms with Crippen LogP contribution in [0.15, 0.2) is 11.6 Å². The van der Waals surface area contributed by atoms with Crippen molar-refractivity contribution in [1.29, 1.82) is 0 Å². The summed E-state index contributed by atoms with van der Waals surface area (Å²) in [6.07, 6.45) is 3.08. The number of rotatable bonds is 10. The first-order chi connectivity index (χ1) is 8.65. The molecule has 0 radical (unpaired) electrons. The van der Waals surface area contributed by atoms with Crippen LogP contribution in [-0.2, 0) is 19.0 Å². The minimum atomic E-state index is -0.274. The van der Waals surface area contributed by atoms with E-state index in [1.165, 1.54) is 0 Å². The van der Waals surface area contributed by atoms with Crippen molar-refractivity contribution in [2.75, 3.05) is 19.8 Å². The average Bonchev–Trinajstić information content (AvgIpc) is 2.36. The summed E-state index contributed by atoms with van der Waals surface area (Å²) in [6, 6.07) is 1.16. The first-order valence-corrected chi connectivity index (χ1v) is 8.14. The Bertz CT molecular complexity index is 247. The Morgan fingerprint density at radius 2 is 1.89 bits per heavy atom. The van der Waals surface area contributed by atoms with Gasteiger partial charge in [-0.25, -0.2) is 4.79 Å². The van der Waals surface area contributed by atoms with Crippen molar-refractivity contribution in [1.82, 2.24) is 0 Å². The molecule has 0 aromatic heterocycles. The fraction of sp³-hybridized carbons (Fsp3) is 0.769. The molecule has 0 saturated carbocycles. The molecule has 0 heterocycles. The molecular weight excluding hydrogens is 248 g/mol. The van der Waals surface area contributed by atoms with Crippen LogP contribution >= 0.6 is 0 Å². The van der Waals surface area contributed by atoms with E-state index < -0.39 is 0 Å². The fourth-order valence-electron chi connectivity index (χ4n) is 1.34. The molecule has 18 heavy (non-hydrogen) atoms. The standard InChI is InChI=1S/C13H26O4Si/c1-4-15-12(16-5-2)8-7-11(3)13(14)17-9-6-10-18/h7,12H,4-6,8-10H2,1-3,18H3. The number of hydrogen-bond donors (Lipinski definition) is 0. The summed E-state index contributed by atoms with van der Waals surface area (Å²) >= 11 is 0. The molecule has 0 unspecified atom stereocenters. The molecule has 0 aliphatic carbocycles. The van der Waals surface area contributed by atoms with Crippen LogP contribution in [0.1, 0.15) is 33.6 Å². The molecule has 0 bridgehead atoms. The topological polar surface area (TPSA) is 44.8 Å². The third-order valence-electron chi connectivity index (χ3n) is 2.37. The largest absolute Gasteiger partial charge is 0.462 e. The lowest BCUT2D eigenvalue weighted by atomic mass is 10.2. The van der Waals surface area contributed by atoms with Crippen LogP contribution in [0.2, 0.25) is 6.04 Å². The van der Waals surface area contributed by atoms with Gasteiger partial charge in [-0.15, -0.1) is 0 Å². The van der Waals surface area contributed by atoms with Crippen molar-refractivity contribution in [3.05, 3.63) is 11.6 Å². The van der Waals surface area contributed by atoms with E-state index in [0.717, 1.165) is 22.7 Å². The van der Waals surface area contributed by atoms with Gasteiger partial charge >= 0.3 is 5.97 Å². The van der Waals surface area contributed by atoms with Gasteiger partial charge in [-0.3, -0.25) is 0 Å². The molecule has 0 aromatic carbocycles. The van der Waals surface area contributed by atoms with Gasteiger partial charge < -0.3 is 14.2 Å². The van der Waals surface area contributed by atoms with Gasteiger partial charge in [-0.2, -0.15) is 0 Å². The summed E-state index contributed by atoms with van der Waals surface area (Å²) in [5.41, 5.74) is 0.618. The van der Waals surface area contributed by atoms with Crippen LogP contribution in [0.5, 0.6) is 0 Å². The number of ether oxygens (including phenoxy) is 3. The zero-order valence-corrected chi connectivity index (χ0v) is 14.0. The Hall–Kier alpha value is -0.653. The maximum atomic E-state index is 11.6. The second-order valence-electron chi connectivity index (χ2n) is 3.95. The summed E-state index contributed by atoms with van der Waals surface area (Å²) in [4.78, 5) is 11.6. The summed E-state index contributed by atoms with van der Waals surface area (Å²) in [5.74, 6) is -0.239. The maximum Gasteiger partial charge on any atom is 0.333 e. The Balaban J connectivity index is 4.08. The van der Waals surface area contributed by atoms with E-state index >= 15 is 0 Å². The second-order valence-corrected chi connectivity index (χ2v) is 4.95. The van der Waals surface area contributed by atoms with Gasteiger partial charge in [0.25, 0.3) is 0 Å². The molecule has 0 aliphatic heterocycles. The SMILES string of the molecule is CCOC(CC=C(C)C(=O)OCCC[SiH3])OCC. The van der Waals surface area contributed by atoms with Crippen molar-refractivity contribution in [3.63, 3.8) is 0 Å². The zero-order chi connectivity index (χ0) is 13.8. The predicted molar refractivity (Wildman–Crippen MR) is 75.7 cm³/mol. The van der Waals surface area contributed by atoms with E-state index in [-0.39, 0.29) is 12.3 Å². The van der Waals surface area contributed by atoms with Gasteiger partial charge in [0.05, 0.1) is 6.61 Å². The fourth-order valence-corrected chi connectivity index (χ4v) is 1.62. The smallest absolute Gasteiger partial charge is 0.333 e. The van der Waals surface area contributed by atoms with E-state index in [1.807, 2.05) is 19.9 Å². The van der Waals surface area contributed by atoms with E-state index in [0.29, 0.717) is 31.8 Å². The first kappa shape index (κ1) is 17.3. The van der Waals surface area contributed by atoms with E-state index in [4.69, 9.17) is 14.2 Å². The van der Waals surface area contributed by atoms with Crippen LogP contribution in [0.3, 0.4) is 0 Å². The molecule has 4 nitrogen and oxygen atoms in total. The molecule has 0 rings (SSSR count). The minimum absolute atomic E-state index is 0.239. The Kier molecular flexibility index (Phi) is 11.0. The zero-order valence-electron chi connectivity index (χ0n) is 12.0. The van der Waals surface area contributed by atoms with Gasteiger partial charge in [0, 0.05) is 35.5 Å². The highest BCUT2D eigenvalue weighted by molar-refractivity contribution is 6.08. The second kappa shape index (κ2) is 11.4. The van der Waals surface area contributed by atoms with Crippen molar-refractivity contribution in [2.45, 2.75) is 45.9 Å². The third-order valence-corrected chi connectivity index (χ3v) is 3.08. The highest BCUT2D eigenvalue weighted by atomic mass is 28.1. The van der Waals surface area contributed by atoms with Crippen molar-refractivity contribution >= 4 is 16.2 Å². The molecule has 0 aromatic rings. The maximum absolute atomic E-state index is 11.6. The van der Waals surface area contributed by atoms with Gasteiger partial charge in [-0.05, 0) is 27.2 Å². The molecule has 0 saturated heterocycles. The van der Waals surface area contributed by atoms with Crippen LogP contribution in [-0.4, -0.2) is 42.3 Å². The minimum Gasteiger partial charge on any atom is -0.462 e.